The van der Waals surface area contributed by atoms with Crippen LogP contribution in [0.4, 0.5) is 5.69 Å². The summed E-state index contributed by atoms with van der Waals surface area (Å²) in [5, 5.41) is 12.1. The average Bonchev–Trinajstić information content (AvgIpc) is 2.40. The van der Waals surface area contributed by atoms with Crippen molar-refractivity contribution in [2.24, 2.45) is 0 Å². The van der Waals surface area contributed by atoms with Gasteiger partial charge in [0.05, 0.1) is 26.9 Å². The van der Waals surface area contributed by atoms with E-state index in [1.54, 1.807) is 25.1 Å². The predicted octanol–water partition coefficient (Wildman–Crippen LogP) is 4.25. The van der Waals surface area contributed by atoms with E-state index < -0.39 is 11.9 Å². The molecule has 0 aliphatic carbocycles. The molecule has 1 amide bonds. The number of carbonyl (C=O) groups excluding carboxylic acids is 1. The van der Waals surface area contributed by atoms with Crippen LogP contribution in [0.2, 0.25) is 10.0 Å². The Bertz CT molecular complexity index is 709. The van der Waals surface area contributed by atoms with Crippen LogP contribution >= 0.6 is 23.2 Å². The second kappa shape index (κ2) is 6.16. The Morgan fingerprint density at radius 2 is 1.62 bits per heavy atom. The average molecular weight is 324 g/mol. The summed E-state index contributed by atoms with van der Waals surface area (Å²) >= 11 is 11.9. The number of hydrogen-bond acceptors (Lipinski definition) is 2. The number of aromatic carboxylic acids is 1. The van der Waals surface area contributed by atoms with E-state index in [1.165, 1.54) is 18.2 Å². The van der Waals surface area contributed by atoms with Gasteiger partial charge in [0.1, 0.15) is 0 Å². The van der Waals surface area contributed by atoms with Crippen LogP contribution in [0.15, 0.2) is 36.4 Å². The van der Waals surface area contributed by atoms with Crippen LogP contribution < -0.4 is 5.32 Å². The number of rotatable bonds is 3. The van der Waals surface area contributed by atoms with Gasteiger partial charge in [0.25, 0.3) is 5.91 Å². The van der Waals surface area contributed by atoms with Crippen LogP contribution in [0.1, 0.15) is 26.3 Å². The lowest BCUT2D eigenvalue weighted by atomic mass is 10.1. The lowest BCUT2D eigenvalue weighted by Crippen LogP contribution is -2.16. The number of nitrogens with one attached hydrogen (secondary N) is 1. The Balaban J connectivity index is 2.44. The number of hydrogen-bond donors (Lipinski definition) is 2. The Kier molecular flexibility index (Phi) is 4.50. The van der Waals surface area contributed by atoms with Crippen LogP contribution in [0, 0.1) is 6.92 Å². The summed E-state index contributed by atoms with van der Waals surface area (Å²) in [5.74, 6) is -1.68. The molecule has 0 radical (unpaired) electrons. The topological polar surface area (TPSA) is 66.4 Å². The van der Waals surface area contributed by atoms with E-state index in [9.17, 15) is 14.7 Å². The smallest absolute Gasteiger partial charge is 0.337 e. The third kappa shape index (κ3) is 3.17. The zero-order valence-electron chi connectivity index (χ0n) is 11.0. The van der Waals surface area contributed by atoms with Crippen molar-refractivity contribution in [2.75, 3.05) is 5.32 Å². The summed E-state index contributed by atoms with van der Waals surface area (Å²) in [5.41, 5.74) is 0.976. The van der Waals surface area contributed by atoms with Gasteiger partial charge < -0.3 is 10.4 Å². The molecule has 0 fully saturated rings. The molecular formula is C15H11Cl2NO3. The van der Waals surface area contributed by atoms with Gasteiger partial charge in [-0.1, -0.05) is 41.4 Å². The van der Waals surface area contributed by atoms with Gasteiger partial charge >= 0.3 is 5.97 Å². The van der Waals surface area contributed by atoms with Gasteiger partial charge in [0.15, 0.2) is 0 Å². The fourth-order valence-corrected chi connectivity index (χ4v) is 2.47. The van der Waals surface area contributed by atoms with E-state index in [0.717, 1.165) is 0 Å². The minimum atomic E-state index is -1.13. The number of carbonyl (C=O) groups is 2. The van der Waals surface area contributed by atoms with Crippen molar-refractivity contribution < 1.29 is 14.7 Å². The van der Waals surface area contributed by atoms with E-state index in [0.29, 0.717) is 5.56 Å². The molecule has 108 valence electrons. The molecule has 2 N–H and O–H groups in total. The minimum absolute atomic E-state index is 0.00604. The highest BCUT2D eigenvalue weighted by Crippen LogP contribution is 2.27. The first-order valence-corrected chi connectivity index (χ1v) is 6.75. The van der Waals surface area contributed by atoms with E-state index >= 15 is 0 Å². The van der Waals surface area contributed by atoms with E-state index in [-0.39, 0.29) is 26.9 Å². The highest BCUT2D eigenvalue weighted by atomic mass is 35.5. The number of benzene rings is 2. The van der Waals surface area contributed by atoms with Crippen molar-refractivity contribution in [2.45, 2.75) is 6.92 Å². The van der Waals surface area contributed by atoms with Gasteiger partial charge in [-0.05, 0) is 30.7 Å². The lowest BCUT2D eigenvalue weighted by Gasteiger charge is -2.13. The molecule has 0 aliphatic rings. The van der Waals surface area contributed by atoms with E-state index in [4.69, 9.17) is 23.2 Å². The number of anilines is 1. The fraction of sp³-hybridized carbons (Fsp3) is 0.0667. The number of carboxylic acid groups (broad SMARTS) is 1. The van der Waals surface area contributed by atoms with Crippen molar-refractivity contribution in [3.8, 4) is 0 Å². The molecule has 0 saturated carbocycles. The number of carboxylic acids is 1. The highest BCUT2D eigenvalue weighted by Gasteiger charge is 2.19. The predicted molar refractivity (Wildman–Crippen MR) is 82.6 cm³/mol. The van der Waals surface area contributed by atoms with Gasteiger partial charge in [0, 0.05) is 0 Å². The molecule has 21 heavy (non-hydrogen) atoms. The first-order valence-electron chi connectivity index (χ1n) is 6.00. The molecule has 0 saturated heterocycles. The van der Waals surface area contributed by atoms with Crippen LogP contribution in [0.3, 0.4) is 0 Å². The maximum atomic E-state index is 12.3. The van der Waals surface area contributed by atoms with Crippen molar-refractivity contribution in [1.29, 1.82) is 0 Å². The summed E-state index contributed by atoms with van der Waals surface area (Å²) in [4.78, 5) is 23.5. The second-order valence-electron chi connectivity index (χ2n) is 4.35. The molecule has 0 unspecified atom stereocenters. The first-order chi connectivity index (χ1) is 9.91. The summed E-state index contributed by atoms with van der Waals surface area (Å²) in [6.07, 6.45) is 0. The minimum Gasteiger partial charge on any atom is -0.478 e. The van der Waals surface area contributed by atoms with Gasteiger partial charge in [-0.3, -0.25) is 4.79 Å². The normalized spacial score (nSPS) is 10.2. The molecule has 0 heterocycles. The van der Waals surface area contributed by atoms with Gasteiger partial charge in [0.2, 0.25) is 0 Å². The lowest BCUT2D eigenvalue weighted by molar-refractivity contribution is 0.0698. The van der Waals surface area contributed by atoms with Crippen LogP contribution in [-0.4, -0.2) is 17.0 Å². The Morgan fingerprint density at radius 1 is 1.05 bits per heavy atom. The summed E-state index contributed by atoms with van der Waals surface area (Å²) in [6.45, 7) is 1.70. The van der Waals surface area contributed by atoms with E-state index in [1.807, 2.05) is 0 Å². The summed E-state index contributed by atoms with van der Waals surface area (Å²) < 4.78 is 0. The standard InChI is InChI=1S/C15H11Cl2NO3/c1-8-4-2-5-9(15(20)21)13(8)18-14(19)12-10(16)6-3-7-11(12)17/h2-7H,1H3,(H,18,19)(H,20,21). The molecule has 2 aromatic rings. The van der Waals surface area contributed by atoms with Crippen molar-refractivity contribution in [3.63, 3.8) is 0 Å². The number of amides is 1. The molecule has 0 spiro atoms. The van der Waals surface area contributed by atoms with Crippen molar-refractivity contribution >= 4 is 40.8 Å². The molecule has 2 aromatic carbocycles. The monoisotopic (exact) mass is 323 g/mol. The Labute approximate surface area is 131 Å². The number of halogens is 2. The van der Waals surface area contributed by atoms with Gasteiger partial charge in [-0.15, -0.1) is 0 Å². The molecule has 4 nitrogen and oxygen atoms in total. The Morgan fingerprint density at radius 3 is 2.19 bits per heavy atom. The summed E-state index contributed by atoms with van der Waals surface area (Å²) in [6, 6.07) is 9.43. The molecular weight excluding hydrogens is 313 g/mol. The highest BCUT2D eigenvalue weighted by molar-refractivity contribution is 6.40. The van der Waals surface area contributed by atoms with Gasteiger partial charge in [-0.2, -0.15) is 0 Å². The van der Waals surface area contributed by atoms with Gasteiger partial charge in [-0.25, -0.2) is 4.79 Å². The largest absolute Gasteiger partial charge is 0.478 e. The first kappa shape index (κ1) is 15.4. The van der Waals surface area contributed by atoms with Crippen LogP contribution in [0.5, 0.6) is 0 Å². The number of aryl methyl sites for hydroxylation is 1. The fourth-order valence-electron chi connectivity index (χ4n) is 1.90. The molecule has 0 aromatic heterocycles. The maximum absolute atomic E-state index is 12.3. The number of para-hydroxylation sites is 1. The zero-order valence-corrected chi connectivity index (χ0v) is 12.5. The SMILES string of the molecule is Cc1cccc(C(=O)O)c1NC(=O)c1c(Cl)cccc1Cl. The molecule has 6 heteroatoms. The Hall–Kier alpha value is -2.04. The second-order valence-corrected chi connectivity index (χ2v) is 5.17. The molecule has 0 bridgehead atoms. The van der Waals surface area contributed by atoms with Crippen LogP contribution in [0.25, 0.3) is 0 Å². The molecule has 0 aliphatic heterocycles. The van der Waals surface area contributed by atoms with Crippen LogP contribution in [-0.2, 0) is 0 Å². The van der Waals surface area contributed by atoms with E-state index in [2.05, 4.69) is 5.32 Å². The molecule has 0 atom stereocenters. The third-order valence-electron chi connectivity index (χ3n) is 2.93. The summed E-state index contributed by atoms with van der Waals surface area (Å²) in [7, 11) is 0. The maximum Gasteiger partial charge on any atom is 0.337 e. The van der Waals surface area contributed by atoms with Crippen molar-refractivity contribution in [1.82, 2.24) is 0 Å². The van der Waals surface area contributed by atoms with Crippen molar-refractivity contribution in [3.05, 3.63) is 63.1 Å². The zero-order chi connectivity index (χ0) is 15.6. The quantitative estimate of drug-likeness (QED) is 0.887. The third-order valence-corrected chi connectivity index (χ3v) is 3.56. The molecule has 2 rings (SSSR count).